The smallest absolute Gasteiger partial charge is 0.223 e. The Morgan fingerprint density at radius 1 is 1.04 bits per heavy atom. The molecule has 0 N–H and O–H groups in total. The Balaban J connectivity index is 1.80. The number of nitrogens with zero attached hydrogens (tertiary/aromatic N) is 2. The van der Waals surface area contributed by atoms with Gasteiger partial charge in [0.05, 0.1) is 5.69 Å². The van der Waals surface area contributed by atoms with E-state index in [9.17, 15) is 4.39 Å². The maximum absolute atomic E-state index is 13.3. The summed E-state index contributed by atoms with van der Waals surface area (Å²) in [5, 5.41) is 0.627. The summed E-state index contributed by atoms with van der Waals surface area (Å²) in [6.45, 7) is 6.20. The molecular weight excluding hydrogens is 347 g/mol. The fraction of sp³-hybridized carbons (Fsp3) is 0.238. The van der Waals surface area contributed by atoms with Gasteiger partial charge in [0.2, 0.25) is 5.88 Å². The van der Waals surface area contributed by atoms with Crippen LogP contribution in [0.3, 0.4) is 0 Å². The lowest BCUT2D eigenvalue weighted by Crippen LogP contribution is -2.00. The van der Waals surface area contributed by atoms with Crippen molar-refractivity contribution in [3.8, 4) is 11.6 Å². The minimum Gasteiger partial charge on any atom is -0.439 e. The first-order valence-corrected chi connectivity index (χ1v) is 9.49. The second kappa shape index (κ2) is 8.32. The first-order valence-electron chi connectivity index (χ1n) is 8.50. The summed E-state index contributed by atoms with van der Waals surface area (Å²) in [5.74, 6) is 1.89. The molecule has 0 amide bonds. The van der Waals surface area contributed by atoms with Crippen molar-refractivity contribution in [3.63, 3.8) is 0 Å². The average Bonchev–Trinajstić information content (AvgIpc) is 2.62. The van der Waals surface area contributed by atoms with Crippen molar-refractivity contribution in [2.75, 3.05) is 0 Å². The van der Waals surface area contributed by atoms with Crippen LogP contribution in [0.15, 0.2) is 59.8 Å². The lowest BCUT2D eigenvalue weighted by molar-refractivity contribution is 0.452. The average molecular weight is 368 g/mol. The van der Waals surface area contributed by atoms with Gasteiger partial charge in [-0.25, -0.2) is 9.37 Å². The highest BCUT2D eigenvalue weighted by atomic mass is 32.2. The Morgan fingerprint density at radius 3 is 2.50 bits per heavy atom. The molecule has 0 aliphatic heterocycles. The number of aryl methyl sites for hydroxylation is 1. The third-order valence-electron chi connectivity index (χ3n) is 3.79. The molecule has 0 aliphatic carbocycles. The van der Waals surface area contributed by atoms with Gasteiger partial charge in [-0.3, -0.25) is 0 Å². The predicted octanol–water partition coefficient (Wildman–Crippen LogP) is 6.13. The van der Waals surface area contributed by atoms with Gasteiger partial charge in [-0.1, -0.05) is 55.4 Å². The van der Waals surface area contributed by atoms with Crippen molar-refractivity contribution in [3.05, 3.63) is 77.2 Å². The number of hydrogen-bond donors (Lipinski definition) is 0. The summed E-state index contributed by atoms with van der Waals surface area (Å²) in [6.07, 6.45) is 0. The lowest BCUT2D eigenvalue weighted by Gasteiger charge is -2.11. The second-order valence-corrected chi connectivity index (χ2v) is 7.34. The van der Waals surface area contributed by atoms with E-state index in [1.54, 1.807) is 6.07 Å². The molecule has 3 aromatic rings. The van der Waals surface area contributed by atoms with Gasteiger partial charge in [0.25, 0.3) is 0 Å². The molecule has 0 bridgehead atoms. The Labute approximate surface area is 157 Å². The van der Waals surface area contributed by atoms with Crippen molar-refractivity contribution >= 4 is 11.8 Å². The highest BCUT2D eigenvalue weighted by Gasteiger charge is 2.10. The number of hydrogen-bond acceptors (Lipinski definition) is 4. The van der Waals surface area contributed by atoms with E-state index in [0.717, 1.165) is 17.0 Å². The molecule has 26 heavy (non-hydrogen) atoms. The van der Waals surface area contributed by atoms with Gasteiger partial charge in [-0.15, -0.1) is 0 Å². The normalized spacial score (nSPS) is 11.0. The largest absolute Gasteiger partial charge is 0.439 e. The number of halogens is 1. The molecule has 134 valence electrons. The molecule has 0 atom stereocenters. The van der Waals surface area contributed by atoms with Crippen LogP contribution < -0.4 is 4.74 Å². The molecule has 0 unspecified atom stereocenters. The number of aromatic nitrogens is 2. The maximum atomic E-state index is 13.3. The van der Waals surface area contributed by atoms with Crippen LogP contribution in [0, 0.1) is 12.7 Å². The predicted molar refractivity (Wildman–Crippen MR) is 103 cm³/mol. The monoisotopic (exact) mass is 368 g/mol. The minimum atomic E-state index is -0.233. The Morgan fingerprint density at radius 2 is 1.81 bits per heavy atom. The fourth-order valence-electron chi connectivity index (χ4n) is 2.34. The molecule has 2 aromatic carbocycles. The fourth-order valence-corrected chi connectivity index (χ4v) is 3.13. The molecule has 5 heteroatoms. The molecule has 0 radical (unpaired) electrons. The molecular formula is C21H21FN2OS. The Hall–Kier alpha value is -2.40. The van der Waals surface area contributed by atoms with Crippen LogP contribution in [-0.2, 0) is 5.75 Å². The maximum Gasteiger partial charge on any atom is 0.223 e. The van der Waals surface area contributed by atoms with Crippen LogP contribution >= 0.6 is 11.8 Å². The first kappa shape index (κ1) is 18.4. The van der Waals surface area contributed by atoms with E-state index in [1.807, 2.05) is 43.3 Å². The lowest BCUT2D eigenvalue weighted by atomic mass is 10.1. The molecule has 3 nitrogen and oxygen atoms in total. The zero-order valence-corrected chi connectivity index (χ0v) is 15.9. The minimum absolute atomic E-state index is 0.233. The second-order valence-electron chi connectivity index (χ2n) is 6.40. The van der Waals surface area contributed by atoms with E-state index in [1.165, 1.54) is 29.5 Å². The molecule has 3 rings (SSSR count). The molecule has 1 heterocycles. The van der Waals surface area contributed by atoms with Crippen LogP contribution in [0.4, 0.5) is 4.39 Å². The van der Waals surface area contributed by atoms with Gasteiger partial charge < -0.3 is 4.74 Å². The number of rotatable bonds is 6. The van der Waals surface area contributed by atoms with Crippen molar-refractivity contribution < 1.29 is 9.13 Å². The highest BCUT2D eigenvalue weighted by Crippen LogP contribution is 2.27. The summed E-state index contributed by atoms with van der Waals surface area (Å²) >= 11 is 1.47. The van der Waals surface area contributed by atoms with Crippen molar-refractivity contribution in [1.29, 1.82) is 0 Å². The van der Waals surface area contributed by atoms with Crippen LogP contribution in [0.5, 0.6) is 11.6 Å². The molecule has 0 fully saturated rings. The topological polar surface area (TPSA) is 35.0 Å². The number of benzene rings is 2. The van der Waals surface area contributed by atoms with Crippen LogP contribution in [0.2, 0.25) is 0 Å². The number of ether oxygens (including phenoxy) is 1. The van der Waals surface area contributed by atoms with E-state index in [2.05, 4.69) is 23.8 Å². The van der Waals surface area contributed by atoms with E-state index >= 15 is 0 Å². The van der Waals surface area contributed by atoms with Gasteiger partial charge in [0.15, 0.2) is 5.16 Å². The van der Waals surface area contributed by atoms with E-state index in [0.29, 0.717) is 16.8 Å². The van der Waals surface area contributed by atoms with Crippen molar-refractivity contribution in [2.24, 2.45) is 0 Å². The van der Waals surface area contributed by atoms with Gasteiger partial charge in [0.1, 0.15) is 11.6 Å². The van der Waals surface area contributed by atoms with Crippen LogP contribution in [0.1, 0.15) is 36.6 Å². The molecule has 0 aliphatic rings. The van der Waals surface area contributed by atoms with Gasteiger partial charge in [0, 0.05) is 11.8 Å². The van der Waals surface area contributed by atoms with E-state index in [4.69, 9.17) is 4.74 Å². The Kier molecular flexibility index (Phi) is 5.89. The van der Waals surface area contributed by atoms with E-state index < -0.39 is 0 Å². The van der Waals surface area contributed by atoms with Crippen molar-refractivity contribution in [2.45, 2.75) is 37.6 Å². The SMILES string of the molecule is Cc1ccc(Oc2cc(C(C)C)nc(SCc3cccc(F)c3)n2)cc1. The molecule has 0 saturated heterocycles. The quantitative estimate of drug-likeness (QED) is 0.387. The molecule has 0 saturated carbocycles. The van der Waals surface area contributed by atoms with Crippen LogP contribution in [-0.4, -0.2) is 9.97 Å². The summed E-state index contributed by atoms with van der Waals surface area (Å²) in [6, 6.07) is 16.3. The first-order chi connectivity index (χ1) is 12.5. The summed E-state index contributed by atoms with van der Waals surface area (Å²) in [7, 11) is 0. The zero-order chi connectivity index (χ0) is 18.5. The number of thioether (sulfide) groups is 1. The summed E-state index contributed by atoms with van der Waals surface area (Å²) in [4.78, 5) is 9.11. The third kappa shape index (κ3) is 5.05. The zero-order valence-electron chi connectivity index (χ0n) is 15.1. The van der Waals surface area contributed by atoms with Gasteiger partial charge in [-0.05, 0) is 42.7 Å². The van der Waals surface area contributed by atoms with E-state index in [-0.39, 0.29) is 11.7 Å². The summed E-state index contributed by atoms with van der Waals surface area (Å²) < 4.78 is 19.2. The van der Waals surface area contributed by atoms with Gasteiger partial charge >= 0.3 is 0 Å². The molecule has 1 aromatic heterocycles. The van der Waals surface area contributed by atoms with Crippen molar-refractivity contribution in [1.82, 2.24) is 9.97 Å². The molecule has 0 spiro atoms. The van der Waals surface area contributed by atoms with Crippen LogP contribution in [0.25, 0.3) is 0 Å². The van der Waals surface area contributed by atoms with Gasteiger partial charge in [-0.2, -0.15) is 4.98 Å². The summed E-state index contributed by atoms with van der Waals surface area (Å²) in [5.41, 5.74) is 2.99. The highest BCUT2D eigenvalue weighted by molar-refractivity contribution is 7.98. The third-order valence-corrected chi connectivity index (χ3v) is 4.71. The Bertz CT molecular complexity index is 881. The standard InChI is InChI=1S/C21H21FN2OS/c1-14(2)19-12-20(25-18-9-7-15(3)8-10-18)24-21(23-19)26-13-16-5-4-6-17(22)11-16/h4-12,14H,13H2,1-3H3.